The molecule has 1 aliphatic rings. The standard InChI is InChI=1S/C10H20N4O/c1-6(15)9(11)7-2-4-8(5-3-7)14-10(12)13/h7-9H,2-5,11H2,1H3,(H4,12,13,14). The Labute approximate surface area is 90.1 Å². The highest BCUT2D eigenvalue weighted by atomic mass is 16.1. The molecule has 1 unspecified atom stereocenters. The van der Waals surface area contributed by atoms with Crippen LogP contribution in [0, 0.1) is 5.92 Å². The van der Waals surface area contributed by atoms with Crippen LogP contribution in [0.4, 0.5) is 0 Å². The van der Waals surface area contributed by atoms with Crippen LogP contribution in [-0.4, -0.2) is 23.8 Å². The number of rotatable bonds is 3. The van der Waals surface area contributed by atoms with Gasteiger partial charge < -0.3 is 17.2 Å². The predicted octanol–water partition coefficient (Wildman–Crippen LogP) is -0.265. The number of hydrogen-bond acceptors (Lipinski definition) is 3. The van der Waals surface area contributed by atoms with Gasteiger partial charge in [-0.25, -0.2) is 0 Å². The zero-order valence-electron chi connectivity index (χ0n) is 9.15. The van der Waals surface area contributed by atoms with Crippen LogP contribution >= 0.6 is 0 Å². The van der Waals surface area contributed by atoms with E-state index < -0.39 is 0 Å². The molecule has 86 valence electrons. The Morgan fingerprint density at radius 2 is 1.80 bits per heavy atom. The summed E-state index contributed by atoms with van der Waals surface area (Å²) in [5.41, 5.74) is 16.4. The summed E-state index contributed by atoms with van der Waals surface area (Å²) >= 11 is 0. The summed E-state index contributed by atoms with van der Waals surface area (Å²) in [5.74, 6) is 0.516. The fraction of sp³-hybridized carbons (Fsp3) is 0.800. The van der Waals surface area contributed by atoms with E-state index in [2.05, 4.69) is 4.99 Å². The van der Waals surface area contributed by atoms with E-state index in [-0.39, 0.29) is 23.8 Å². The lowest BCUT2D eigenvalue weighted by atomic mass is 9.81. The first kappa shape index (κ1) is 12.0. The third-order valence-corrected chi connectivity index (χ3v) is 3.05. The quantitative estimate of drug-likeness (QED) is 0.442. The van der Waals surface area contributed by atoms with Gasteiger partial charge in [-0.3, -0.25) is 9.79 Å². The molecule has 0 radical (unpaired) electrons. The summed E-state index contributed by atoms with van der Waals surface area (Å²) in [6, 6.07) is -0.101. The molecule has 1 aliphatic carbocycles. The fourth-order valence-corrected chi connectivity index (χ4v) is 2.13. The lowest BCUT2D eigenvalue weighted by Crippen LogP contribution is -2.39. The minimum Gasteiger partial charge on any atom is -0.370 e. The first-order valence-electron chi connectivity index (χ1n) is 5.35. The normalized spacial score (nSPS) is 28.1. The van der Waals surface area contributed by atoms with Gasteiger partial charge in [0.2, 0.25) is 0 Å². The van der Waals surface area contributed by atoms with Gasteiger partial charge in [0, 0.05) is 0 Å². The molecule has 0 aromatic heterocycles. The van der Waals surface area contributed by atoms with Crippen molar-refractivity contribution in [1.82, 2.24) is 0 Å². The summed E-state index contributed by atoms with van der Waals surface area (Å²) in [5, 5.41) is 0. The van der Waals surface area contributed by atoms with E-state index in [0.717, 1.165) is 25.7 Å². The SMILES string of the molecule is CC(=O)C(N)C1CCC(N=C(N)N)CC1. The summed E-state index contributed by atoms with van der Waals surface area (Å²) in [4.78, 5) is 15.2. The molecule has 6 N–H and O–H groups in total. The van der Waals surface area contributed by atoms with Crippen molar-refractivity contribution in [3.05, 3.63) is 0 Å². The van der Waals surface area contributed by atoms with Crippen molar-refractivity contribution in [2.45, 2.75) is 44.7 Å². The first-order valence-corrected chi connectivity index (χ1v) is 5.35. The molecule has 5 nitrogen and oxygen atoms in total. The van der Waals surface area contributed by atoms with Crippen LogP contribution in [0.5, 0.6) is 0 Å². The largest absolute Gasteiger partial charge is 0.370 e. The number of Topliss-reactive ketones (excluding diaryl/α,β-unsaturated/α-hetero) is 1. The zero-order chi connectivity index (χ0) is 11.4. The molecule has 0 aliphatic heterocycles. The molecule has 1 fully saturated rings. The van der Waals surface area contributed by atoms with Crippen LogP contribution < -0.4 is 17.2 Å². The number of ketones is 1. The molecular weight excluding hydrogens is 192 g/mol. The summed E-state index contributed by atoms with van der Waals surface area (Å²) in [7, 11) is 0. The third-order valence-electron chi connectivity index (χ3n) is 3.05. The monoisotopic (exact) mass is 212 g/mol. The van der Waals surface area contributed by atoms with E-state index >= 15 is 0 Å². The maximum Gasteiger partial charge on any atom is 0.186 e. The topological polar surface area (TPSA) is 107 Å². The van der Waals surface area contributed by atoms with Gasteiger partial charge in [-0.05, 0) is 38.5 Å². The van der Waals surface area contributed by atoms with Crippen LogP contribution in [0.1, 0.15) is 32.6 Å². The zero-order valence-corrected chi connectivity index (χ0v) is 9.15. The van der Waals surface area contributed by atoms with Crippen LogP contribution in [0.15, 0.2) is 4.99 Å². The van der Waals surface area contributed by atoms with E-state index in [4.69, 9.17) is 17.2 Å². The molecule has 1 saturated carbocycles. The van der Waals surface area contributed by atoms with Gasteiger partial charge in [-0.1, -0.05) is 0 Å². The highest BCUT2D eigenvalue weighted by Crippen LogP contribution is 2.28. The maximum absolute atomic E-state index is 11.1. The van der Waals surface area contributed by atoms with E-state index in [1.54, 1.807) is 6.92 Å². The second-order valence-electron chi connectivity index (χ2n) is 4.26. The van der Waals surface area contributed by atoms with Crippen molar-refractivity contribution in [1.29, 1.82) is 0 Å². The maximum atomic E-state index is 11.1. The van der Waals surface area contributed by atoms with E-state index in [1.807, 2.05) is 0 Å². The second-order valence-corrected chi connectivity index (χ2v) is 4.26. The molecule has 0 amide bonds. The minimum absolute atomic E-state index is 0.0697. The third kappa shape index (κ3) is 3.51. The molecule has 0 heterocycles. The van der Waals surface area contributed by atoms with Crippen molar-refractivity contribution in [3.8, 4) is 0 Å². The molecule has 1 atom stereocenters. The van der Waals surface area contributed by atoms with Gasteiger partial charge in [0.15, 0.2) is 5.96 Å². The lowest BCUT2D eigenvalue weighted by Gasteiger charge is -2.29. The molecule has 1 rings (SSSR count). The highest BCUT2D eigenvalue weighted by Gasteiger charge is 2.27. The lowest BCUT2D eigenvalue weighted by molar-refractivity contribution is -0.119. The average molecular weight is 212 g/mol. The van der Waals surface area contributed by atoms with Gasteiger partial charge in [-0.2, -0.15) is 0 Å². The fourth-order valence-electron chi connectivity index (χ4n) is 2.13. The Hall–Kier alpha value is -1.10. The van der Waals surface area contributed by atoms with Crippen LogP contribution in [0.3, 0.4) is 0 Å². The van der Waals surface area contributed by atoms with Gasteiger partial charge >= 0.3 is 0 Å². The van der Waals surface area contributed by atoms with Gasteiger partial charge in [0.05, 0.1) is 12.1 Å². The van der Waals surface area contributed by atoms with Crippen LogP contribution in [0.2, 0.25) is 0 Å². The number of hydrogen-bond donors (Lipinski definition) is 3. The average Bonchev–Trinajstić information content (AvgIpc) is 2.17. The summed E-state index contributed by atoms with van der Waals surface area (Å²) in [6.45, 7) is 1.55. The van der Waals surface area contributed by atoms with Crippen molar-refractivity contribution >= 4 is 11.7 Å². The number of carbonyl (C=O) groups excluding carboxylic acids is 1. The van der Waals surface area contributed by atoms with Crippen LogP contribution in [0.25, 0.3) is 0 Å². The summed E-state index contributed by atoms with van der Waals surface area (Å²) < 4.78 is 0. The Morgan fingerprint density at radius 3 is 2.20 bits per heavy atom. The molecule has 0 bridgehead atoms. The van der Waals surface area contributed by atoms with Gasteiger partial charge in [0.25, 0.3) is 0 Å². The molecule has 15 heavy (non-hydrogen) atoms. The Kier molecular flexibility index (Phi) is 4.08. The predicted molar refractivity (Wildman–Crippen MR) is 60.2 cm³/mol. The molecule has 0 saturated heterocycles. The van der Waals surface area contributed by atoms with Crippen molar-refractivity contribution < 1.29 is 4.79 Å². The van der Waals surface area contributed by atoms with Crippen LogP contribution in [-0.2, 0) is 4.79 Å². The number of nitrogens with zero attached hydrogens (tertiary/aromatic N) is 1. The molecular formula is C10H20N4O. The van der Waals surface area contributed by atoms with E-state index in [0.29, 0.717) is 5.92 Å². The Balaban J connectivity index is 2.42. The van der Waals surface area contributed by atoms with Gasteiger partial charge in [-0.15, -0.1) is 0 Å². The number of aliphatic imine (C=N–C) groups is 1. The molecule has 5 heteroatoms. The van der Waals surface area contributed by atoms with Crippen molar-refractivity contribution in [2.24, 2.45) is 28.1 Å². The Bertz CT molecular complexity index is 252. The molecule has 0 aromatic carbocycles. The van der Waals surface area contributed by atoms with E-state index in [9.17, 15) is 4.79 Å². The highest BCUT2D eigenvalue weighted by molar-refractivity contribution is 5.81. The van der Waals surface area contributed by atoms with Crippen molar-refractivity contribution in [3.63, 3.8) is 0 Å². The number of guanidine groups is 1. The number of nitrogens with two attached hydrogens (primary N) is 3. The number of carbonyl (C=O) groups is 1. The van der Waals surface area contributed by atoms with E-state index in [1.165, 1.54) is 0 Å². The first-order chi connectivity index (χ1) is 7.00. The summed E-state index contributed by atoms with van der Waals surface area (Å²) in [6.07, 6.45) is 3.71. The molecule has 0 aromatic rings. The second kappa shape index (κ2) is 5.11. The molecule has 0 spiro atoms. The van der Waals surface area contributed by atoms with Crippen molar-refractivity contribution in [2.75, 3.05) is 0 Å². The van der Waals surface area contributed by atoms with Gasteiger partial charge in [0.1, 0.15) is 5.78 Å². The smallest absolute Gasteiger partial charge is 0.186 e. The Morgan fingerprint density at radius 1 is 1.27 bits per heavy atom. The minimum atomic E-state index is -0.315.